The van der Waals surface area contributed by atoms with Gasteiger partial charge in [0.25, 0.3) is 0 Å². The zero-order valence-corrected chi connectivity index (χ0v) is 11.9. The number of piperazine rings is 1. The summed E-state index contributed by atoms with van der Waals surface area (Å²) in [6.07, 6.45) is 0.948. The van der Waals surface area contributed by atoms with E-state index in [1.54, 1.807) is 0 Å². The first-order valence-electron chi connectivity index (χ1n) is 6.55. The molecule has 0 saturated carbocycles. The van der Waals surface area contributed by atoms with Crippen molar-refractivity contribution >= 4 is 5.91 Å². The van der Waals surface area contributed by atoms with Gasteiger partial charge >= 0.3 is 0 Å². The molecule has 1 fully saturated rings. The molecule has 4 heteroatoms. The number of hydrogen-bond acceptors (Lipinski definition) is 3. The first-order chi connectivity index (χ1) is 7.79. The molecular formula is C13H27N3O. The topological polar surface area (TPSA) is 49.6 Å². The van der Waals surface area contributed by atoms with Gasteiger partial charge in [-0.1, -0.05) is 20.3 Å². The molecule has 1 saturated heterocycles. The maximum absolute atomic E-state index is 12.3. The normalized spacial score (nSPS) is 24.5. The van der Waals surface area contributed by atoms with Crippen molar-refractivity contribution in [2.75, 3.05) is 26.7 Å². The quantitative estimate of drug-likeness (QED) is 0.799. The van der Waals surface area contributed by atoms with Crippen LogP contribution < -0.4 is 5.73 Å². The lowest BCUT2D eigenvalue weighted by Gasteiger charge is -2.46. The van der Waals surface area contributed by atoms with Crippen molar-refractivity contribution in [3.63, 3.8) is 0 Å². The number of carbonyl (C=O) groups excluding carboxylic acids is 1. The number of rotatable bonds is 3. The Hall–Kier alpha value is -0.610. The van der Waals surface area contributed by atoms with Gasteiger partial charge in [-0.25, -0.2) is 0 Å². The second-order valence-electron chi connectivity index (χ2n) is 5.91. The van der Waals surface area contributed by atoms with E-state index < -0.39 is 0 Å². The number of amides is 1. The zero-order chi connectivity index (χ0) is 13.2. The van der Waals surface area contributed by atoms with Gasteiger partial charge in [0.1, 0.15) is 0 Å². The molecular weight excluding hydrogens is 214 g/mol. The predicted octanol–water partition coefficient (Wildman–Crippen LogP) is 0.912. The first kappa shape index (κ1) is 14.5. The van der Waals surface area contributed by atoms with E-state index >= 15 is 0 Å². The van der Waals surface area contributed by atoms with Crippen LogP contribution >= 0.6 is 0 Å². The average molecular weight is 241 g/mol. The van der Waals surface area contributed by atoms with Crippen molar-refractivity contribution in [3.8, 4) is 0 Å². The Labute approximate surface area is 105 Å². The van der Waals surface area contributed by atoms with Gasteiger partial charge in [0, 0.05) is 25.2 Å². The minimum Gasteiger partial charge on any atom is -0.338 e. The summed E-state index contributed by atoms with van der Waals surface area (Å²) in [7, 11) is 2.11. The first-order valence-corrected chi connectivity index (χ1v) is 6.55. The molecule has 1 aliphatic rings. The third-order valence-electron chi connectivity index (χ3n) is 4.17. The molecule has 0 spiro atoms. The summed E-state index contributed by atoms with van der Waals surface area (Å²) in [6, 6.07) is -0.348. The summed E-state index contributed by atoms with van der Waals surface area (Å²) in [6.45, 7) is 10.9. The Morgan fingerprint density at radius 1 is 1.41 bits per heavy atom. The number of carbonyl (C=O) groups is 1. The Morgan fingerprint density at radius 3 is 2.47 bits per heavy atom. The lowest BCUT2D eigenvalue weighted by Crippen LogP contribution is -2.61. The van der Waals surface area contributed by atoms with E-state index in [0.717, 1.165) is 26.1 Å². The van der Waals surface area contributed by atoms with Crippen LogP contribution in [0.1, 0.15) is 34.1 Å². The standard InChI is InChI=1S/C13H27N3O/c1-6-10(2)11(14)12(17)16-8-7-15(5)13(3,4)9-16/h10-11H,6-9,14H2,1-5H3/t10-,11-/m0/s1. The molecule has 1 rings (SSSR count). The fraction of sp³-hybridized carbons (Fsp3) is 0.923. The van der Waals surface area contributed by atoms with Gasteiger partial charge in [-0.15, -0.1) is 0 Å². The molecule has 2 N–H and O–H groups in total. The Bertz CT molecular complexity index is 278. The van der Waals surface area contributed by atoms with Crippen molar-refractivity contribution < 1.29 is 4.79 Å². The Balaban J connectivity index is 2.65. The van der Waals surface area contributed by atoms with Crippen LogP contribution in [0, 0.1) is 5.92 Å². The maximum Gasteiger partial charge on any atom is 0.239 e. The van der Waals surface area contributed by atoms with E-state index in [2.05, 4.69) is 32.7 Å². The third-order valence-corrected chi connectivity index (χ3v) is 4.17. The summed E-state index contributed by atoms with van der Waals surface area (Å²) < 4.78 is 0. The van der Waals surface area contributed by atoms with Crippen LogP contribution in [0.2, 0.25) is 0 Å². The molecule has 0 aromatic carbocycles. The molecule has 1 heterocycles. The molecule has 1 aliphatic heterocycles. The Kier molecular flexibility index (Phi) is 4.55. The van der Waals surface area contributed by atoms with E-state index in [-0.39, 0.29) is 23.4 Å². The summed E-state index contributed by atoms with van der Waals surface area (Å²) in [4.78, 5) is 16.5. The van der Waals surface area contributed by atoms with Crippen molar-refractivity contribution in [2.24, 2.45) is 11.7 Å². The highest BCUT2D eigenvalue weighted by molar-refractivity contribution is 5.82. The fourth-order valence-electron chi connectivity index (χ4n) is 2.14. The number of nitrogens with two attached hydrogens (primary N) is 1. The highest BCUT2D eigenvalue weighted by atomic mass is 16.2. The van der Waals surface area contributed by atoms with Gasteiger partial charge in [0.2, 0.25) is 5.91 Å². The van der Waals surface area contributed by atoms with Crippen LogP contribution in [0.25, 0.3) is 0 Å². The number of likely N-dealkylation sites (N-methyl/N-ethyl adjacent to an activating group) is 1. The molecule has 1 amide bonds. The van der Waals surface area contributed by atoms with Gasteiger partial charge in [-0.05, 0) is 26.8 Å². The zero-order valence-electron chi connectivity index (χ0n) is 11.9. The van der Waals surface area contributed by atoms with Crippen molar-refractivity contribution in [2.45, 2.75) is 45.7 Å². The largest absolute Gasteiger partial charge is 0.338 e. The highest BCUT2D eigenvalue weighted by Gasteiger charge is 2.35. The molecule has 17 heavy (non-hydrogen) atoms. The smallest absolute Gasteiger partial charge is 0.239 e. The molecule has 2 atom stereocenters. The second-order valence-corrected chi connectivity index (χ2v) is 5.91. The van der Waals surface area contributed by atoms with Crippen LogP contribution in [0.15, 0.2) is 0 Å². The van der Waals surface area contributed by atoms with Crippen molar-refractivity contribution in [3.05, 3.63) is 0 Å². The summed E-state index contributed by atoms with van der Waals surface area (Å²) in [5.74, 6) is 0.366. The van der Waals surface area contributed by atoms with Crippen LogP contribution in [-0.2, 0) is 4.79 Å². The van der Waals surface area contributed by atoms with Gasteiger partial charge in [0.15, 0.2) is 0 Å². The van der Waals surface area contributed by atoms with E-state index in [0.29, 0.717) is 0 Å². The summed E-state index contributed by atoms with van der Waals surface area (Å²) >= 11 is 0. The molecule has 0 aromatic heterocycles. The third kappa shape index (κ3) is 3.19. The minimum atomic E-state index is -0.348. The van der Waals surface area contributed by atoms with Crippen LogP contribution in [0.5, 0.6) is 0 Å². The Morgan fingerprint density at radius 2 is 2.00 bits per heavy atom. The van der Waals surface area contributed by atoms with Crippen LogP contribution in [0.4, 0.5) is 0 Å². The van der Waals surface area contributed by atoms with Gasteiger partial charge in [-0.3, -0.25) is 9.69 Å². The van der Waals surface area contributed by atoms with Gasteiger partial charge in [-0.2, -0.15) is 0 Å². The van der Waals surface area contributed by atoms with Crippen LogP contribution in [0.3, 0.4) is 0 Å². The number of hydrogen-bond donors (Lipinski definition) is 1. The molecule has 0 aromatic rings. The van der Waals surface area contributed by atoms with E-state index in [1.807, 2.05) is 11.8 Å². The molecule has 100 valence electrons. The molecule has 0 aliphatic carbocycles. The van der Waals surface area contributed by atoms with Crippen molar-refractivity contribution in [1.29, 1.82) is 0 Å². The maximum atomic E-state index is 12.3. The van der Waals surface area contributed by atoms with E-state index in [9.17, 15) is 4.79 Å². The molecule has 0 unspecified atom stereocenters. The van der Waals surface area contributed by atoms with Gasteiger partial charge in [0.05, 0.1) is 6.04 Å². The molecule has 4 nitrogen and oxygen atoms in total. The monoisotopic (exact) mass is 241 g/mol. The predicted molar refractivity (Wildman–Crippen MR) is 70.7 cm³/mol. The van der Waals surface area contributed by atoms with Gasteiger partial charge < -0.3 is 10.6 Å². The van der Waals surface area contributed by atoms with Crippen molar-refractivity contribution in [1.82, 2.24) is 9.80 Å². The molecule has 0 radical (unpaired) electrons. The molecule has 0 bridgehead atoms. The minimum absolute atomic E-state index is 0.0447. The summed E-state index contributed by atoms with van der Waals surface area (Å²) in [5.41, 5.74) is 6.07. The second kappa shape index (κ2) is 5.36. The lowest BCUT2D eigenvalue weighted by atomic mass is 9.95. The lowest BCUT2D eigenvalue weighted by molar-refractivity contribution is -0.138. The highest BCUT2D eigenvalue weighted by Crippen LogP contribution is 2.20. The fourth-order valence-corrected chi connectivity index (χ4v) is 2.14. The average Bonchev–Trinajstić information content (AvgIpc) is 2.29. The van der Waals surface area contributed by atoms with E-state index in [4.69, 9.17) is 5.73 Å². The van der Waals surface area contributed by atoms with E-state index in [1.165, 1.54) is 0 Å². The summed E-state index contributed by atoms with van der Waals surface area (Å²) in [5, 5.41) is 0. The van der Waals surface area contributed by atoms with Crippen LogP contribution in [-0.4, -0.2) is 54.0 Å². The number of nitrogens with zero attached hydrogens (tertiary/aromatic N) is 2. The SMILES string of the molecule is CC[C@H](C)[C@H](N)C(=O)N1CCN(C)C(C)(C)C1.